The summed E-state index contributed by atoms with van der Waals surface area (Å²) in [7, 11) is 0. The van der Waals surface area contributed by atoms with E-state index < -0.39 is 5.97 Å². The predicted octanol–water partition coefficient (Wildman–Crippen LogP) is 5.39. The first-order valence-corrected chi connectivity index (χ1v) is 13.4. The van der Waals surface area contributed by atoms with Gasteiger partial charge >= 0.3 is 12.0 Å². The Bertz CT molecular complexity index is 1340. The summed E-state index contributed by atoms with van der Waals surface area (Å²) in [5.41, 5.74) is 3.44. The van der Waals surface area contributed by atoms with Crippen LogP contribution in [-0.4, -0.2) is 35.2 Å². The van der Waals surface area contributed by atoms with E-state index in [9.17, 15) is 9.59 Å². The molecule has 4 rings (SSSR count). The zero-order chi connectivity index (χ0) is 26.7. The van der Waals surface area contributed by atoms with Crippen LogP contribution in [0.15, 0.2) is 70.5 Å². The second-order valence-corrected chi connectivity index (χ2v) is 9.78. The topological polar surface area (TPSA) is 114 Å². The average Bonchev–Trinajstić information content (AvgIpc) is 3.57. The summed E-state index contributed by atoms with van der Waals surface area (Å²) in [6.45, 7) is 3.09. The Labute approximate surface area is 225 Å². The summed E-state index contributed by atoms with van der Waals surface area (Å²) in [5, 5.41) is 16.9. The lowest BCUT2D eigenvalue weighted by Gasteiger charge is -2.14. The monoisotopic (exact) mass is 533 g/mol. The van der Waals surface area contributed by atoms with Gasteiger partial charge in [0.2, 0.25) is 5.89 Å². The number of thiophene rings is 1. The SMILES string of the molecule is Cc1oc(-c2ccccc2)nc1CCOc1ccc(CCC(=O)O)c(CNC(=O)NCCc2cccs2)c1. The van der Waals surface area contributed by atoms with E-state index >= 15 is 0 Å². The number of carbonyl (C=O) groups is 2. The highest BCUT2D eigenvalue weighted by atomic mass is 32.1. The fourth-order valence-electron chi connectivity index (χ4n) is 3.96. The van der Waals surface area contributed by atoms with Crippen LogP contribution in [-0.2, 0) is 30.6 Å². The summed E-state index contributed by atoms with van der Waals surface area (Å²) < 4.78 is 11.8. The molecule has 198 valence electrons. The molecule has 8 nitrogen and oxygen atoms in total. The van der Waals surface area contributed by atoms with Crippen LogP contribution < -0.4 is 15.4 Å². The third kappa shape index (κ3) is 7.94. The first-order chi connectivity index (χ1) is 18.5. The minimum absolute atomic E-state index is 0.00932. The van der Waals surface area contributed by atoms with Crippen LogP contribution in [0.1, 0.15) is 33.9 Å². The molecular weight excluding hydrogens is 502 g/mol. The lowest BCUT2D eigenvalue weighted by Crippen LogP contribution is -2.36. The molecule has 0 radical (unpaired) electrons. The molecule has 2 aromatic heterocycles. The Morgan fingerprint density at radius 2 is 1.84 bits per heavy atom. The Kier molecular flexibility index (Phi) is 9.53. The summed E-state index contributed by atoms with van der Waals surface area (Å²) >= 11 is 1.66. The molecule has 2 amide bonds. The number of nitrogens with one attached hydrogen (secondary N) is 2. The van der Waals surface area contributed by atoms with Gasteiger partial charge in [0.05, 0.1) is 12.3 Å². The maximum absolute atomic E-state index is 12.3. The van der Waals surface area contributed by atoms with Crippen molar-refractivity contribution in [2.45, 2.75) is 39.2 Å². The normalized spacial score (nSPS) is 10.8. The molecule has 0 spiro atoms. The number of rotatable bonds is 13. The van der Waals surface area contributed by atoms with Gasteiger partial charge in [-0.25, -0.2) is 9.78 Å². The van der Waals surface area contributed by atoms with E-state index in [1.54, 1.807) is 11.3 Å². The summed E-state index contributed by atoms with van der Waals surface area (Å²) in [5.74, 6) is 1.12. The second kappa shape index (κ2) is 13.4. The highest BCUT2D eigenvalue weighted by Gasteiger charge is 2.13. The maximum Gasteiger partial charge on any atom is 0.315 e. The van der Waals surface area contributed by atoms with E-state index in [0.29, 0.717) is 37.6 Å². The Morgan fingerprint density at radius 3 is 2.61 bits per heavy atom. The zero-order valence-electron chi connectivity index (χ0n) is 21.2. The third-order valence-corrected chi connectivity index (χ3v) is 6.92. The highest BCUT2D eigenvalue weighted by molar-refractivity contribution is 7.09. The smallest absolute Gasteiger partial charge is 0.315 e. The number of ether oxygens (including phenoxy) is 1. The lowest BCUT2D eigenvalue weighted by atomic mass is 10.0. The van der Waals surface area contributed by atoms with Crippen molar-refractivity contribution in [2.75, 3.05) is 13.2 Å². The van der Waals surface area contributed by atoms with E-state index in [0.717, 1.165) is 34.6 Å². The van der Waals surface area contributed by atoms with Crippen LogP contribution in [0.5, 0.6) is 5.75 Å². The summed E-state index contributed by atoms with van der Waals surface area (Å²) in [4.78, 5) is 29.3. The van der Waals surface area contributed by atoms with E-state index in [1.807, 2.05) is 73.0 Å². The van der Waals surface area contributed by atoms with Crippen LogP contribution in [0.2, 0.25) is 0 Å². The van der Waals surface area contributed by atoms with Crippen molar-refractivity contribution >= 4 is 23.3 Å². The second-order valence-electron chi connectivity index (χ2n) is 8.75. The third-order valence-electron chi connectivity index (χ3n) is 5.98. The Balaban J connectivity index is 1.33. The minimum Gasteiger partial charge on any atom is -0.493 e. The van der Waals surface area contributed by atoms with Gasteiger partial charge in [-0.1, -0.05) is 30.3 Å². The van der Waals surface area contributed by atoms with E-state index in [1.165, 1.54) is 4.88 Å². The van der Waals surface area contributed by atoms with Gasteiger partial charge in [-0.3, -0.25) is 4.79 Å². The number of aromatic nitrogens is 1. The minimum atomic E-state index is -0.867. The van der Waals surface area contributed by atoms with Gasteiger partial charge in [0, 0.05) is 36.4 Å². The van der Waals surface area contributed by atoms with Crippen molar-refractivity contribution in [1.29, 1.82) is 0 Å². The van der Waals surface area contributed by atoms with Gasteiger partial charge in [0.25, 0.3) is 0 Å². The molecule has 2 heterocycles. The van der Waals surface area contributed by atoms with Crippen LogP contribution >= 0.6 is 11.3 Å². The number of carbonyl (C=O) groups excluding carboxylic acids is 1. The van der Waals surface area contributed by atoms with E-state index in [4.69, 9.17) is 14.3 Å². The van der Waals surface area contributed by atoms with Gasteiger partial charge in [-0.2, -0.15) is 0 Å². The van der Waals surface area contributed by atoms with Gasteiger partial charge < -0.3 is 24.9 Å². The van der Waals surface area contributed by atoms with Gasteiger partial charge in [-0.05, 0) is 66.6 Å². The van der Waals surface area contributed by atoms with E-state index in [2.05, 4.69) is 15.6 Å². The quantitative estimate of drug-likeness (QED) is 0.212. The molecule has 2 aromatic carbocycles. The molecule has 0 saturated carbocycles. The standard InChI is InChI=1S/C29H31N3O5S/c1-20-26(32-28(37-20)22-6-3-2-4-7-22)14-16-36-24-11-9-21(10-12-27(33)34)23(18-24)19-31-29(35)30-15-13-25-8-5-17-38-25/h2-9,11,17-18H,10,12-16,19H2,1H3,(H,33,34)(H2,30,31,35). The fraction of sp³-hybridized carbons (Fsp3) is 0.276. The van der Waals surface area contributed by atoms with Gasteiger partial charge in [-0.15, -0.1) is 11.3 Å². The number of benzene rings is 2. The van der Waals surface area contributed by atoms with Crippen molar-refractivity contribution in [1.82, 2.24) is 15.6 Å². The van der Waals surface area contributed by atoms with Crippen LogP contribution in [0, 0.1) is 6.92 Å². The van der Waals surface area contributed by atoms with Crippen molar-refractivity contribution in [3.05, 3.63) is 93.5 Å². The molecule has 0 aliphatic carbocycles. The van der Waals surface area contributed by atoms with Crippen molar-refractivity contribution in [3.8, 4) is 17.2 Å². The first kappa shape index (κ1) is 26.9. The molecule has 4 aromatic rings. The number of nitrogens with zero attached hydrogens (tertiary/aromatic N) is 1. The first-order valence-electron chi connectivity index (χ1n) is 12.5. The molecule has 9 heteroatoms. The Hall–Kier alpha value is -4.11. The maximum atomic E-state index is 12.3. The van der Waals surface area contributed by atoms with Crippen LogP contribution in [0.25, 0.3) is 11.5 Å². The number of oxazole rings is 1. The van der Waals surface area contributed by atoms with Crippen molar-refractivity contribution in [3.63, 3.8) is 0 Å². The Morgan fingerprint density at radius 1 is 1.00 bits per heavy atom. The number of hydrogen-bond donors (Lipinski definition) is 3. The molecular formula is C29H31N3O5S. The highest BCUT2D eigenvalue weighted by Crippen LogP contribution is 2.23. The predicted molar refractivity (Wildman–Crippen MR) is 147 cm³/mol. The summed E-state index contributed by atoms with van der Waals surface area (Å²) in [6.07, 6.45) is 1.72. The number of aryl methyl sites for hydroxylation is 2. The molecule has 3 N–H and O–H groups in total. The summed E-state index contributed by atoms with van der Waals surface area (Å²) in [6, 6.07) is 19.0. The fourth-order valence-corrected chi connectivity index (χ4v) is 4.67. The zero-order valence-corrected chi connectivity index (χ0v) is 22.1. The molecule has 38 heavy (non-hydrogen) atoms. The number of hydrogen-bond acceptors (Lipinski definition) is 6. The van der Waals surface area contributed by atoms with Gasteiger partial charge in [0.15, 0.2) is 0 Å². The number of urea groups is 1. The molecule has 0 fully saturated rings. The number of aliphatic carboxylic acids is 1. The van der Waals surface area contributed by atoms with Crippen LogP contribution in [0.3, 0.4) is 0 Å². The van der Waals surface area contributed by atoms with Crippen molar-refractivity contribution in [2.24, 2.45) is 0 Å². The molecule has 0 saturated heterocycles. The molecule has 0 bridgehead atoms. The van der Waals surface area contributed by atoms with Crippen molar-refractivity contribution < 1.29 is 23.8 Å². The van der Waals surface area contributed by atoms with Crippen LogP contribution in [0.4, 0.5) is 4.79 Å². The number of carboxylic acid groups (broad SMARTS) is 1. The molecule has 0 unspecified atom stereocenters. The van der Waals surface area contributed by atoms with Gasteiger partial charge in [0.1, 0.15) is 11.5 Å². The molecule has 0 aliphatic rings. The number of carboxylic acids is 1. The number of amides is 2. The largest absolute Gasteiger partial charge is 0.493 e. The molecule has 0 aliphatic heterocycles. The van der Waals surface area contributed by atoms with E-state index in [-0.39, 0.29) is 19.0 Å². The molecule has 0 atom stereocenters. The average molecular weight is 534 g/mol. The lowest BCUT2D eigenvalue weighted by molar-refractivity contribution is -0.136.